The van der Waals surface area contributed by atoms with Gasteiger partial charge in [0.05, 0.1) is 11.6 Å². The van der Waals surface area contributed by atoms with E-state index < -0.39 is 24.2 Å². The third-order valence-corrected chi connectivity index (χ3v) is 9.22. The standard InChI is InChI=1S/C28H28F3N5O3S/c1-27(2,3)15-5-6-16-17(12-32)26(40-22(16)9-15)34-25(37)19-11-24-33-18(10-23(28(29,30)31)36(24)35-19)14-4-7-20-21(8-14)39-13-38-20/h4,7-8,11,15,18,23,33H,5-6,9-10,13H2,1-3H3,(H,34,37)/t15-,18+,23-/m0/s1. The van der Waals surface area contributed by atoms with Crippen LogP contribution in [0.1, 0.15) is 77.8 Å². The van der Waals surface area contributed by atoms with Crippen molar-refractivity contribution in [3.05, 3.63) is 51.5 Å². The summed E-state index contributed by atoms with van der Waals surface area (Å²) >= 11 is 1.37. The molecule has 0 saturated carbocycles. The van der Waals surface area contributed by atoms with Gasteiger partial charge in [-0.05, 0) is 53.9 Å². The molecule has 1 amide bonds. The van der Waals surface area contributed by atoms with Crippen LogP contribution in [0, 0.1) is 22.7 Å². The van der Waals surface area contributed by atoms with Gasteiger partial charge in [0.25, 0.3) is 5.91 Å². The van der Waals surface area contributed by atoms with Gasteiger partial charge >= 0.3 is 6.18 Å². The maximum atomic E-state index is 14.2. The second kappa shape index (κ2) is 9.44. The summed E-state index contributed by atoms with van der Waals surface area (Å²) in [5, 5.41) is 20.2. The lowest BCUT2D eigenvalue weighted by Crippen LogP contribution is -2.35. The number of carbonyl (C=O) groups is 1. The first-order chi connectivity index (χ1) is 18.9. The predicted octanol–water partition coefficient (Wildman–Crippen LogP) is 6.61. The van der Waals surface area contributed by atoms with Gasteiger partial charge in [-0.25, -0.2) is 4.68 Å². The highest BCUT2D eigenvalue weighted by Gasteiger charge is 2.47. The summed E-state index contributed by atoms with van der Waals surface area (Å²) < 4.78 is 54.0. The summed E-state index contributed by atoms with van der Waals surface area (Å²) in [6.45, 7) is 6.66. The number of nitrogens with zero attached hydrogens (tertiary/aromatic N) is 3. The third kappa shape index (κ3) is 4.66. The monoisotopic (exact) mass is 571 g/mol. The average Bonchev–Trinajstić information content (AvgIpc) is 3.61. The lowest BCUT2D eigenvalue weighted by molar-refractivity contribution is -0.173. The van der Waals surface area contributed by atoms with Gasteiger partial charge in [0.1, 0.15) is 16.9 Å². The SMILES string of the molecule is CC(C)(C)[C@H]1CCc2c(sc(NC(=O)c3cc4n(n3)[C@H](C(F)(F)F)C[C@H](c3ccc5c(c3)OCO5)N4)c2C#N)C1. The van der Waals surface area contributed by atoms with Crippen LogP contribution in [0.4, 0.5) is 24.0 Å². The molecule has 1 aliphatic carbocycles. The van der Waals surface area contributed by atoms with Crippen LogP contribution >= 0.6 is 11.3 Å². The maximum absolute atomic E-state index is 14.2. The Morgan fingerprint density at radius 3 is 2.73 bits per heavy atom. The van der Waals surface area contributed by atoms with E-state index >= 15 is 0 Å². The van der Waals surface area contributed by atoms with Gasteiger partial charge in [-0.1, -0.05) is 26.8 Å². The summed E-state index contributed by atoms with van der Waals surface area (Å²) in [5.41, 5.74) is 1.95. The Morgan fingerprint density at radius 1 is 1.23 bits per heavy atom. The van der Waals surface area contributed by atoms with Crippen molar-refractivity contribution < 1.29 is 27.4 Å². The Bertz CT molecular complexity index is 1530. The Morgan fingerprint density at radius 2 is 2.00 bits per heavy atom. The molecule has 40 heavy (non-hydrogen) atoms. The molecule has 210 valence electrons. The first-order valence-corrected chi connectivity index (χ1v) is 13.9. The average molecular weight is 572 g/mol. The van der Waals surface area contributed by atoms with Gasteiger partial charge in [0.15, 0.2) is 23.2 Å². The van der Waals surface area contributed by atoms with Crippen molar-refractivity contribution in [3.63, 3.8) is 0 Å². The minimum absolute atomic E-state index is 0.0607. The minimum atomic E-state index is -4.59. The molecule has 4 heterocycles. The fourth-order valence-electron chi connectivity index (χ4n) is 5.73. The van der Waals surface area contributed by atoms with Crippen LogP contribution in [-0.4, -0.2) is 28.7 Å². The molecule has 0 radical (unpaired) electrons. The summed E-state index contributed by atoms with van der Waals surface area (Å²) in [5.74, 6) is 0.892. The lowest BCUT2D eigenvalue weighted by atomic mass is 9.72. The number of thiophene rings is 1. The molecule has 0 spiro atoms. The van der Waals surface area contributed by atoms with Crippen LogP contribution in [0.25, 0.3) is 0 Å². The minimum Gasteiger partial charge on any atom is -0.454 e. The molecule has 3 atom stereocenters. The Balaban J connectivity index is 1.27. The summed E-state index contributed by atoms with van der Waals surface area (Å²) in [6.07, 6.45) is -2.37. The van der Waals surface area contributed by atoms with Crippen molar-refractivity contribution in [3.8, 4) is 17.6 Å². The number of hydrogen-bond donors (Lipinski definition) is 2. The Kier molecular flexibility index (Phi) is 6.25. The molecule has 2 aliphatic heterocycles. The number of rotatable bonds is 3. The molecular weight excluding hydrogens is 543 g/mol. The van der Waals surface area contributed by atoms with Crippen LogP contribution in [-0.2, 0) is 12.8 Å². The van der Waals surface area contributed by atoms with E-state index in [1.54, 1.807) is 18.2 Å². The topological polar surface area (TPSA) is 101 Å². The van der Waals surface area contributed by atoms with Crippen molar-refractivity contribution in [2.75, 3.05) is 17.4 Å². The largest absolute Gasteiger partial charge is 0.454 e. The summed E-state index contributed by atoms with van der Waals surface area (Å²) in [7, 11) is 0. The second-order valence-corrected chi connectivity index (χ2v) is 12.6. The molecule has 2 N–H and O–H groups in total. The molecule has 0 saturated heterocycles. The zero-order chi connectivity index (χ0) is 28.4. The fourth-order valence-corrected chi connectivity index (χ4v) is 7.00. The number of hydrogen-bond acceptors (Lipinski definition) is 7. The van der Waals surface area contributed by atoms with Crippen molar-refractivity contribution in [1.29, 1.82) is 5.26 Å². The molecule has 0 bridgehead atoms. The number of carbonyl (C=O) groups excluding carboxylic acids is 1. The molecule has 3 aromatic rings. The van der Waals surface area contributed by atoms with Gasteiger partial charge in [0, 0.05) is 17.4 Å². The van der Waals surface area contributed by atoms with Gasteiger partial charge in [0.2, 0.25) is 6.79 Å². The number of aromatic nitrogens is 2. The molecular formula is C28H28F3N5O3S. The van der Waals surface area contributed by atoms with E-state index in [9.17, 15) is 23.2 Å². The lowest BCUT2D eigenvalue weighted by Gasteiger charge is -2.33. The first-order valence-electron chi connectivity index (χ1n) is 13.1. The molecule has 6 rings (SSSR count). The highest BCUT2D eigenvalue weighted by atomic mass is 32.1. The predicted molar refractivity (Wildman–Crippen MR) is 143 cm³/mol. The third-order valence-electron chi connectivity index (χ3n) is 8.05. The number of nitriles is 1. The van der Waals surface area contributed by atoms with E-state index in [1.165, 1.54) is 17.4 Å². The van der Waals surface area contributed by atoms with Crippen molar-refractivity contribution in [2.45, 2.75) is 64.7 Å². The molecule has 12 heteroatoms. The van der Waals surface area contributed by atoms with Crippen LogP contribution in [0.5, 0.6) is 11.5 Å². The molecule has 3 aliphatic rings. The van der Waals surface area contributed by atoms with Gasteiger partial charge in [-0.3, -0.25) is 4.79 Å². The van der Waals surface area contributed by atoms with Crippen LogP contribution in [0.3, 0.4) is 0 Å². The molecule has 2 aromatic heterocycles. The van der Waals surface area contributed by atoms with Crippen molar-refractivity contribution in [2.24, 2.45) is 11.3 Å². The van der Waals surface area contributed by atoms with E-state index in [0.717, 1.165) is 34.4 Å². The van der Waals surface area contributed by atoms with Gasteiger partial charge in [-0.2, -0.15) is 23.5 Å². The van der Waals surface area contributed by atoms with E-state index in [2.05, 4.69) is 42.6 Å². The number of nitrogens with one attached hydrogen (secondary N) is 2. The number of benzene rings is 1. The number of alkyl halides is 3. The van der Waals surface area contributed by atoms with Crippen molar-refractivity contribution >= 4 is 28.1 Å². The number of ether oxygens (including phenoxy) is 2. The van der Waals surface area contributed by atoms with Crippen molar-refractivity contribution in [1.82, 2.24) is 9.78 Å². The summed E-state index contributed by atoms with van der Waals surface area (Å²) in [4.78, 5) is 14.3. The maximum Gasteiger partial charge on any atom is 0.410 e. The number of halogens is 3. The second-order valence-electron chi connectivity index (χ2n) is 11.5. The number of amides is 1. The normalized spacial score (nSPS) is 21.7. The Hall–Kier alpha value is -3.72. The number of anilines is 2. The molecule has 8 nitrogen and oxygen atoms in total. The molecule has 1 aromatic carbocycles. The van der Waals surface area contributed by atoms with Crippen LogP contribution in [0.2, 0.25) is 0 Å². The quantitative estimate of drug-likeness (QED) is 0.367. The molecule has 0 fully saturated rings. The van der Waals surface area contributed by atoms with Crippen LogP contribution in [0.15, 0.2) is 24.3 Å². The van der Waals surface area contributed by atoms with E-state index in [-0.39, 0.29) is 30.1 Å². The summed E-state index contributed by atoms with van der Waals surface area (Å²) in [6, 6.07) is 5.96. The van der Waals surface area contributed by atoms with E-state index in [0.29, 0.717) is 33.5 Å². The van der Waals surface area contributed by atoms with Gasteiger partial charge < -0.3 is 20.1 Å². The first kappa shape index (κ1) is 26.5. The number of fused-ring (bicyclic) bond motifs is 3. The van der Waals surface area contributed by atoms with Crippen LogP contribution < -0.4 is 20.1 Å². The highest BCUT2D eigenvalue weighted by Crippen LogP contribution is 2.46. The van der Waals surface area contributed by atoms with Gasteiger partial charge in [-0.15, -0.1) is 11.3 Å². The highest BCUT2D eigenvalue weighted by molar-refractivity contribution is 7.16. The van der Waals surface area contributed by atoms with E-state index in [4.69, 9.17) is 9.47 Å². The zero-order valence-electron chi connectivity index (χ0n) is 22.2. The zero-order valence-corrected chi connectivity index (χ0v) is 23.0. The Labute approximate surface area is 233 Å². The van der Waals surface area contributed by atoms with E-state index in [1.807, 2.05) is 0 Å². The fraction of sp³-hybridized carbons (Fsp3) is 0.464. The molecule has 0 unspecified atom stereocenters. The smallest absolute Gasteiger partial charge is 0.410 e.